The topological polar surface area (TPSA) is 40.6 Å². The average Bonchev–Trinajstić information content (AvgIpc) is 2.43. The van der Waals surface area contributed by atoms with Gasteiger partial charge in [-0.2, -0.15) is 0 Å². The minimum atomic E-state index is -0.403. The van der Waals surface area contributed by atoms with Crippen molar-refractivity contribution in [3.8, 4) is 0 Å². The van der Waals surface area contributed by atoms with Gasteiger partial charge in [0.25, 0.3) is 0 Å². The third-order valence-corrected chi connectivity index (χ3v) is 4.46. The smallest absolute Gasteiger partial charge is 0.249 e. The van der Waals surface area contributed by atoms with Gasteiger partial charge in [-0.3, -0.25) is 9.59 Å². The Hall–Kier alpha value is -1.84. The van der Waals surface area contributed by atoms with E-state index in [2.05, 4.69) is 13.8 Å². The number of carbonyl (C=O) groups is 2. The van der Waals surface area contributed by atoms with E-state index in [1.165, 1.54) is 11.1 Å². The SMILES string of the molecule is Cc1ccc(N2CCN(C(=O)CC(C)(C)C)[C@@H](C)C2=O)cc1C. The number of piperazine rings is 1. The van der Waals surface area contributed by atoms with Gasteiger partial charge in [0.15, 0.2) is 0 Å². The summed E-state index contributed by atoms with van der Waals surface area (Å²) in [5.74, 6) is 0.0693. The molecule has 1 saturated heterocycles. The first kappa shape index (κ1) is 17.5. The van der Waals surface area contributed by atoms with Crippen LogP contribution >= 0.6 is 0 Å². The number of hydrogen-bond acceptors (Lipinski definition) is 2. The molecule has 1 heterocycles. The Morgan fingerprint density at radius 2 is 1.83 bits per heavy atom. The first-order valence-corrected chi connectivity index (χ1v) is 8.28. The Kier molecular flexibility index (Phi) is 4.83. The minimum Gasteiger partial charge on any atom is -0.329 e. The van der Waals surface area contributed by atoms with Crippen molar-refractivity contribution in [1.29, 1.82) is 0 Å². The molecule has 1 aromatic rings. The van der Waals surface area contributed by atoms with Crippen LogP contribution in [0.5, 0.6) is 0 Å². The number of anilines is 1. The van der Waals surface area contributed by atoms with Gasteiger partial charge in [-0.15, -0.1) is 0 Å². The molecular formula is C19H28N2O2. The van der Waals surface area contributed by atoms with Crippen LogP contribution in [-0.4, -0.2) is 35.8 Å². The maximum Gasteiger partial charge on any atom is 0.249 e. The van der Waals surface area contributed by atoms with Gasteiger partial charge in [0.2, 0.25) is 11.8 Å². The molecule has 0 spiro atoms. The molecule has 126 valence electrons. The van der Waals surface area contributed by atoms with E-state index in [1.54, 1.807) is 9.80 Å². The summed E-state index contributed by atoms with van der Waals surface area (Å²) in [6.45, 7) is 13.2. The molecule has 0 aliphatic carbocycles. The van der Waals surface area contributed by atoms with Gasteiger partial charge < -0.3 is 9.80 Å². The van der Waals surface area contributed by atoms with E-state index in [-0.39, 0.29) is 17.2 Å². The van der Waals surface area contributed by atoms with E-state index < -0.39 is 6.04 Å². The van der Waals surface area contributed by atoms with E-state index in [9.17, 15) is 9.59 Å². The van der Waals surface area contributed by atoms with Crippen LogP contribution < -0.4 is 4.90 Å². The molecule has 1 fully saturated rings. The third kappa shape index (κ3) is 3.92. The molecule has 4 nitrogen and oxygen atoms in total. The quantitative estimate of drug-likeness (QED) is 0.840. The van der Waals surface area contributed by atoms with Crippen LogP contribution in [0.25, 0.3) is 0 Å². The summed E-state index contributed by atoms with van der Waals surface area (Å²) < 4.78 is 0. The maximum atomic E-state index is 12.7. The molecule has 1 atom stereocenters. The Morgan fingerprint density at radius 1 is 1.17 bits per heavy atom. The number of nitrogens with zero attached hydrogens (tertiary/aromatic N) is 2. The number of hydrogen-bond donors (Lipinski definition) is 0. The Bertz CT molecular complexity index is 616. The fourth-order valence-electron chi connectivity index (χ4n) is 2.92. The van der Waals surface area contributed by atoms with Crippen LogP contribution in [0.4, 0.5) is 5.69 Å². The molecule has 2 amide bonds. The van der Waals surface area contributed by atoms with Crippen molar-refractivity contribution in [2.75, 3.05) is 18.0 Å². The fourth-order valence-corrected chi connectivity index (χ4v) is 2.92. The van der Waals surface area contributed by atoms with Crippen molar-refractivity contribution in [3.63, 3.8) is 0 Å². The fraction of sp³-hybridized carbons (Fsp3) is 0.579. The van der Waals surface area contributed by atoms with Gasteiger partial charge in [-0.05, 0) is 49.4 Å². The normalized spacial score (nSPS) is 19.2. The molecule has 0 N–H and O–H groups in total. The summed E-state index contributed by atoms with van der Waals surface area (Å²) >= 11 is 0. The van der Waals surface area contributed by atoms with Crippen LogP contribution in [-0.2, 0) is 9.59 Å². The van der Waals surface area contributed by atoms with E-state index in [0.29, 0.717) is 19.5 Å². The number of benzene rings is 1. The first-order chi connectivity index (χ1) is 10.6. The van der Waals surface area contributed by atoms with Gasteiger partial charge in [0, 0.05) is 25.2 Å². The van der Waals surface area contributed by atoms with E-state index >= 15 is 0 Å². The predicted octanol–water partition coefficient (Wildman–Crippen LogP) is 3.30. The highest BCUT2D eigenvalue weighted by Gasteiger charge is 2.35. The standard InChI is InChI=1S/C19H28N2O2/c1-13-7-8-16(11-14(13)2)21-10-9-20(15(3)18(21)23)17(22)12-19(4,5)6/h7-8,11,15H,9-10,12H2,1-6H3/t15-/m0/s1. The largest absolute Gasteiger partial charge is 0.329 e. The van der Waals surface area contributed by atoms with Crippen LogP contribution in [0.3, 0.4) is 0 Å². The number of carbonyl (C=O) groups excluding carboxylic acids is 2. The van der Waals surface area contributed by atoms with Gasteiger partial charge in [0.1, 0.15) is 6.04 Å². The Balaban J connectivity index is 2.15. The average molecular weight is 316 g/mol. The molecule has 0 bridgehead atoms. The summed E-state index contributed by atoms with van der Waals surface area (Å²) in [5.41, 5.74) is 3.25. The molecule has 4 heteroatoms. The molecule has 23 heavy (non-hydrogen) atoms. The maximum absolute atomic E-state index is 12.7. The zero-order valence-electron chi connectivity index (χ0n) is 15.1. The highest BCUT2D eigenvalue weighted by Crippen LogP contribution is 2.25. The molecule has 1 aliphatic heterocycles. The molecule has 0 saturated carbocycles. The Labute approximate surface area is 139 Å². The zero-order chi connectivity index (χ0) is 17.4. The van der Waals surface area contributed by atoms with Crippen molar-refractivity contribution < 1.29 is 9.59 Å². The molecule has 1 aromatic carbocycles. The molecular weight excluding hydrogens is 288 g/mol. The van der Waals surface area contributed by atoms with Crippen molar-refractivity contribution in [3.05, 3.63) is 29.3 Å². The number of amides is 2. The number of rotatable bonds is 2. The number of aryl methyl sites for hydroxylation is 2. The second-order valence-corrected chi connectivity index (χ2v) is 7.76. The van der Waals surface area contributed by atoms with E-state index in [0.717, 1.165) is 5.69 Å². The van der Waals surface area contributed by atoms with Crippen molar-refractivity contribution in [2.24, 2.45) is 5.41 Å². The van der Waals surface area contributed by atoms with E-state index in [4.69, 9.17) is 0 Å². The lowest BCUT2D eigenvalue weighted by atomic mass is 9.91. The molecule has 0 aromatic heterocycles. The molecule has 2 rings (SSSR count). The van der Waals surface area contributed by atoms with Crippen LogP contribution in [0, 0.1) is 19.3 Å². The third-order valence-electron chi connectivity index (χ3n) is 4.46. The second-order valence-electron chi connectivity index (χ2n) is 7.76. The van der Waals surface area contributed by atoms with E-state index in [1.807, 2.05) is 45.9 Å². The van der Waals surface area contributed by atoms with Gasteiger partial charge in [0.05, 0.1) is 0 Å². The first-order valence-electron chi connectivity index (χ1n) is 8.28. The summed E-state index contributed by atoms with van der Waals surface area (Å²) in [5, 5.41) is 0. The summed E-state index contributed by atoms with van der Waals surface area (Å²) in [7, 11) is 0. The van der Waals surface area contributed by atoms with Gasteiger partial charge in [-0.1, -0.05) is 26.8 Å². The summed E-state index contributed by atoms with van der Waals surface area (Å²) in [6, 6.07) is 5.67. The Morgan fingerprint density at radius 3 is 2.39 bits per heavy atom. The molecule has 0 radical (unpaired) electrons. The minimum absolute atomic E-state index is 0.00163. The molecule has 0 unspecified atom stereocenters. The van der Waals surface area contributed by atoms with Gasteiger partial charge >= 0.3 is 0 Å². The van der Waals surface area contributed by atoms with Crippen LogP contribution in [0.15, 0.2) is 18.2 Å². The molecule has 1 aliphatic rings. The van der Waals surface area contributed by atoms with Crippen LogP contribution in [0.2, 0.25) is 0 Å². The summed E-state index contributed by atoms with van der Waals surface area (Å²) in [4.78, 5) is 28.7. The lowest BCUT2D eigenvalue weighted by Crippen LogP contribution is -2.58. The van der Waals surface area contributed by atoms with Crippen molar-refractivity contribution in [2.45, 2.75) is 54.0 Å². The monoisotopic (exact) mass is 316 g/mol. The lowest BCUT2D eigenvalue weighted by Gasteiger charge is -2.40. The lowest BCUT2D eigenvalue weighted by molar-refractivity contribution is -0.142. The zero-order valence-corrected chi connectivity index (χ0v) is 15.1. The summed E-state index contributed by atoms with van der Waals surface area (Å²) in [6.07, 6.45) is 0.467. The van der Waals surface area contributed by atoms with Crippen molar-refractivity contribution in [1.82, 2.24) is 4.90 Å². The van der Waals surface area contributed by atoms with Gasteiger partial charge in [-0.25, -0.2) is 0 Å². The highest BCUT2D eigenvalue weighted by molar-refractivity contribution is 6.00. The van der Waals surface area contributed by atoms with Crippen LogP contribution in [0.1, 0.15) is 45.2 Å². The second kappa shape index (κ2) is 6.34. The highest BCUT2D eigenvalue weighted by atomic mass is 16.2. The van der Waals surface area contributed by atoms with Crippen molar-refractivity contribution >= 4 is 17.5 Å². The predicted molar refractivity (Wildman–Crippen MR) is 93.5 cm³/mol.